The average Bonchev–Trinajstić information content (AvgIpc) is 2.28. The van der Waals surface area contributed by atoms with E-state index in [0.29, 0.717) is 5.56 Å². The predicted molar refractivity (Wildman–Crippen MR) is 68.8 cm³/mol. The molecule has 0 saturated heterocycles. The van der Waals surface area contributed by atoms with Crippen molar-refractivity contribution >= 4 is 0 Å². The molecule has 0 aliphatic rings. The SMILES string of the molecule is CCCCCCc1ccc(C(F)(F)F)c(C)c1C. The third-order valence-electron chi connectivity index (χ3n) is 3.50. The number of benzene rings is 1. The van der Waals surface area contributed by atoms with Gasteiger partial charge in [0.1, 0.15) is 0 Å². The molecule has 0 unspecified atom stereocenters. The van der Waals surface area contributed by atoms with Crippen molar-refractivity contribution < 1.29 is 13.2 Å². The summed E-state index contributed by atoms with van der Waals surface area (Å²) >= 11 is 0. The van der Waals surface area contributed by atoms with Gasteiger partial charge in [-0.3, -0.25) is 0 Å². The Morgan fingerprint density at radius 2 is 1.61 bits per heavy atom. The molecule has 3 heteroatoms. The number of halogens is 3. The van der Waals surface area contributed by atoms with Crippen molar-refractivity contribution in [2.75, 3.05) is 0 Å². The summed E-state index contributed by atoms with van der Waals surface area (Å²) in [6.45, 7) is 5.50. The number of unbranched alkanes of at least 4 members (excludes halogenated alkanes) is 3. The van der Waals surface area contributed by atoms with Crippen LogP contribution in [0.2, 0.25) is 0 Å². The molecule has 1 aromatic carbocycles. The van der Waals surface area contributed by atoms with Crippen molar-refractivity contribution in [1.29, 1.82) is 0 Å². The summed E-state index contributed by atoms with van der Waals surface area (Å²) in [7, 11) is 0. The van der Waals surface area contributed by atoms with E-state index in [1.165, 1.54) is 18.9 Å². The molecule has 0 nitrogen and oxygen atoms in total. The molecule has 0 amide bonds. The van der Waals surface area contributed by atoms with Crippen LogP contribution in [0.25, 0.3) is 0 Å². The fraction of sp³-hybridized carbons (Fsp3) is 0.600. The van der Waals surface area contributed by atoms with Gasteiger partial charge >= 0.3 is 6.18 Å². The standard InChI is InChI=1S/C15H21F3/c1-4-5-6-7-8-13-9-10-14(15(16,17)18)12(3)11(13)2/h9-10H,4-8H2,1-3H3. The van der Waals surface area contributed by atoms with Crippen molar-refractivity contribution in [2.45, 2.75) is 59.1 Å². The van der Waals surface area contributed by atoms with Crippen molar-refractivity contribution in [2.24, 2.45) is 0 Å². The Bertz CT molecular complexity index is 391. The fourth-order valence-corrected chi connectivity index (χ4v) is 2.20. The molecular weight excluding hydrogens is 237 g/mol. The number of hydrogen-bond donors (Lipinski definition) is 0. The minimum atomic E-state index is -4.24. The average molecular weight is 258 g/mol. The second-order valence-corrected chi connectivity index (χ2v) is 4.83. The van der Waals surface area contributed by atoms with Gasteiger partial charge in [0.15, 0.2) is 0 Å². The summed E-state index contributed by atoms with van der Waals surface area (Å²) in [6.07, 6.45) is 1.21. The van der Waals surface area contributed by atoms with Crippen LogP contribution in [0, 0.1) is 13.8 Å². The van der Waals surface area contributed by atoms with Crippen LogP contribution in [0.3, 0.4) is 0 Å². The van der Waals surface area contributed by atoms with Gasteiger partial charge in [0.2, 0.25) is 0 Å². The lowest BCUT2D eigenvalue weighted by molar-refractivity contribution is -0.138. The smallest absolute Gasteiger partial charge is 0.166 e. The van der Waals surface area contributed by atoms with Crippen molar-refractivity contribution in [3.63, 3.8) is 0 Å². The predicted octanol–water partition coefficient (Wildman–Crippen LogP) is 5.45. The van der Waals surface area contributed by atoms with E-state index in [2.05, 4.69) is 6.92 Å². The Kier molecular flexibility index (Phi) is 5.24. The van der Waals surface area contributed by atoms with Crippen LogP contribution in [-0.4, -0.2) is 0 Å². The summed E-state index contributed by atoms with van der Waals surface area (Å²) in [5.41, 5.74) is 1.71. The molecule has 0 atom stereocenters. The van der Waals surface area contributed by atoms with Crippen LogP contribution >= 0.6 is 0 Å². The van der Waals surface area contributed by atoms with E-state index >= 15 is 0 Å². The Labute approximate surface area is 107 Å². The number of aryl methyl sites for hydroxylation is 1. The highest BCUT2D eigenvalue weighted by atomic mass is 19.4. The summed E-state index contributed by atoms with van der Waals surface area (Å²) in [6, 6.07) is 2.86. The minimum absolute atomic E-state index is 0.371. The fourth-order valence-electron chi connectivity index (χ4n) is 2.20. The van der Waals surface area contributed by atoms with Gasteiger partial charge in [0.25, 0.3) is 0 Å². The van der Waals surface area contributed by atoms with Gasteiger partial charge in [-0.1, -0.05) is 32.3 Å². The van der Waals surface area contributed by atoms with Gasteiger partial charge in [-0.15, -0.1) is 0 Å². The molecule has 0 aromatic heterocycles. The molecule has 102 valence electrons. The Hall–Kier alpha value is -0.990. The summed E-state index contributed by atoms with van der Waals surface area (Å²) in [5.74, 6) is 0. The van der Waals surface area contributed by atoms with Gasteiger partial charge in [0, 0.05) is 0 Å². The first-order chi connectivity index (χ1) is 8.38. The van der Waals surface area contributed by atoms with Crippen molar-refractivity contribution in [3.05, 3.63) is 34.4 Å². The topological polar surface area (TPSA) is 0 Å². The van der Waals surface area contributed by atoms with Crippen molar-refractivity contribution in [3.8, 4) is 0 Å². The highest BCUT2D eigenvalue weighted by molar-refractivity contribution is 5.40. The highest BCUT2D eigenvalue weighted by Gasteiger charge is 2.32. The molecular formula is C15H21F3. The zero-order valence-electron chi connectivity index (χ0n) is 11.3. The summed E-state index contributed by atoms with van der Waals surface area (Å²) in [5, 5.41) is 0. The lowest BCUT2D eigenvalue weighted by Gasteiger charge is -2.15. The van der Waals surface area contributed by atoms with Gasteiger partial charge < -0.3 is 0 Å². The zero-order chi connectivity index (χ0) is 13.8. The molecule has 0 heterocycles. The molecule has 0 bridgehead atoms. The Morgan fingerprint density at radius 1 is 0.944 bits per heavy atom. The number of hydrogen-bond acceptors (Lipinski definition) is 0. The van der Waals surface area contributed by atoms with Crippen molar-refractivity contribution in [1.82, 2.24) is 0 Å². The molecule has 0 fully saturated rings. The van der Waals surface area contributed by atoms with Gasteiger partial charge in [0.05, 0.1) is 5.56 Å². The van der Waals surface area contributed by atoms with Crippen LogP contribution in [-0.2, 0) is 12.6 Å². The lowest BCUT2D eigenvalue weighted by atomic mass is 9.94. The second kappa shape index (κ2) is 6.26. The molecule has 0 aliphatic heterocycles. The minimum Gasteiger partial charge on any atom is -0.166 e. The quantitative estimate of drug-likeness (QED) is 0.616. The van der Waals surface area contributed by atoms with E-state index in [0.717, 1.165) is 30.4 Å². The molecule has 0 aliphatic carbocycles. The second-order valence-electron chi connectivity index (χ2n) is 4.83. The van der Waals surface area contributed by atoms with E-state index in [1.807, 2.05) is 0 Å². The van der Waals surface area contributed by atoms with Crippen LogP contribution in [0.1, 0.15) is 54.9 Å². The molecule has 1 rings (SSSR count). The molecule has 0 saturated carbocycles. The summed E-state index contributed by atoms with van der Waals surface area (Å²) < 4.78 is 38.1. The molecule has 18 heavy (non-hydrogen) atoms. The monoisotopic (exact) mass is 258 g/mol. The summed E-state index contributed by atoms with van der Waals surface area (Å²) in [4.78, 5) is 0. The Balaban J connectivity index is 2.81. The number of rotatable bonds is 5. The highest BCUT2D eigenvalue weighted by Crippen LogP contribution is 2.34. The maximum atomic E-state index is 12.7. The van der Waals surface area contributed by atoms with E-state index in [9.17, 15) is 13.2 Å². The largest absolute Gasteiger partial charge is 0.416 e. The third kappa shape index (κ3) is 3.76. The normalized spacial score (nSPS) is 11.9. The van der Waals surface area contributed by atoms with Crippen LogP contribution in [0.15, 0.2) is 12.1 Å². The first-order valence-electron chi connectivity index (χ1n) is 6.54. The first kappa shape index (κ1) is 15.1. The molecule has 1 aromatic rings. The molecule has 0 spiro atoms. The zero-order valence-corrected chi connectivity index (χ0v) is 11.3. The van der Waals surface area contributed by atoms with Crippen LogP contribution < -0.4 is 0 Å². The van der Waals surface area contributed by atoms with E-state index < -0.39 is 11.7 Å². The maximum Gasteiger partial charge on any atom is 0.416 e. The lowest BCUT2D eigenvalue weighted by Crippen LogP contribution is -2.09. The molecule has 0 N–H and O–H groups in total. The van der Waals surface area contributed by atoms with Crippen LogP contribution in [0.4, 0.5) is 13.2 Å². The van der Waals surface area contributed by atoms with E-state index in [4.69, 9.17) is 0 Å². The first-order valence-corrected chi connectivity index (χ1v) is 6.54. The maximum absolute atomic E-state index is 12.7. The van der Waals surface area contributed by atoms with Gasteiger partial charge in [-0.05, 0) is 49.4 Å². The van der Waals surface area contributed by atoms with Gasteiger partial charge in [-0.2, -0.15) is 13.2 Å². The van der Waals surface area contributed by atoms with E-state index in [-0.39, 0.29) is 0 Å². The Morgan fingerprint density at radius 3 is 2.17 bits per heavy atom. The molecule has 0 radical (unpaired) electrons. The van der Waals surface area contributed by atoms with Gasteiger partial charge in [-0.25, -0.2) is 0 Å². The third-order valence-corrected chi connectivity index (χ3v) is 3.50. The van der Waals surface area contributed by atoms with E-state index in [1.54, 1.807) is 19.9 Å². The van der Waals surface area contributed by atoms with Crippen LogP contribution in [0.5, 0.6) is 0 Å². The number of alkyl halides is 3.